The second kappa shape index (κ2) is 10.0. The highest BCUT2D eigenvalue weighted by Crippen LogP contribution is 2.19. The molecule has 118 valence electrons. The van der Waals surface area contributed by atoms with Gasteiger partial charge in [-0.1, -0.05) is 24.6 Å². The normalized spacial score (nSPS) is 11.6. The number of hydrogen-bond acceptors (Lipinski definition) is 5. The van der Waals surface area contributed by atoms with Gasteiger partial charge in [-0.25, -0.2) is 0 Å². The van der Waals surface area contributed by atoms with Crippen molar-refractivity contribution in [1.82, 2.24) is 5.32 Å². The van der Waals surface area contributed by atoms with Gasteiger partial charge in [0.15, 0.2) is 5.84 Å². The summed E-state index contributed by atoms with van der Waals surface area (Å²) in [6.07, 6.45) is 2.25. The third-order valence-electron chi connectivity index (χ3n) is 3.04. The number of methoxy groups -OCH3 is 1. The number of benzene rings is 1. The number of amidine groups is 1. The van der Waals surface area contributed by atoms with Gasteiger partial charge in [-0.2, -0.15) is 0 Å². The Hall–Kier alpha value is -1.79. The molecule has 21 heavy (non-hydrogen) atoms. The van der Waals surface area contributed by atoms with E-state index in [0.717, 1.165) is 31.6 Å². The molecule has 6 nitrogen and oxygen atoms in total. The van der Waals surface area contributed by atoms with Crippen molar-refractivity contribution in [3.63, 3.8) is 0 Å². The lowest BCUT2D eigenvalue weighted by Crippen LogP contribution is -2.20. The molecular weight excluding hydrogens is 270 g/mol. The summed E-state index contributed by atoms with van der Waals surface area (Å²) < 4.78 is 10.7. The van der Waals surface area contributed by atoms with Gasteiger partial charge in [-0.15, -0.1) is 0 Å². The molecule has 0 aliphatic rings. The zero-order chi connectivity index (χ0) is 15.5. The lowest BCUT2D eigenvalue weighted by atomic mass is 10.1. The largest absolute Gasteiger partial charge is 0.496 e. The molecule has 0 aliphatic carbocycles. The van der Waals surface area contributed by atoms with Gasteiger partial charge in [0.1, 0.15) is 5.75 Å². The fourth-order valence-electron chi connectivity index (χ4n) is 1.84. The number of nitrogens with zero attached hydrogens (tertiary/aromatic N) is 1. The van der Waals surface area contributed by atoms with Gasteiger partial charge in [0.25, 0.3) is 0 Å². The Balaban J connectivity index is 2.45. The third kappa shape index (κ3) is 6.01. The summed E-state index contributed by atoms with van der Waals surface area (Å²) in [5.74, 6) is 0.619. The molecule has 0 aliphatic heterocycles. The minimum absolute atomic E-state index is 0.0385. The Bertz CT molecular complexity index is 450. The van der Waals surface area contributed by atoms with Crippen molar-refractivity contribution in [3.05, 3.63) is 29.3 Å². The maximum Gasteiger partial charge on any atom is 0.173 e. The van der Waals surface area contributed by atoms with E-state index in [4.69, 9.17) is 20.4 Å². The van der Waals surface area contributed by atoms with Crippen molar-refractivity contribution in [3.8, 4) is 5.75 Å². The molecule has 0 amide bonds. The van der Waals surface area contributed by atoms with Crippen LogP contribution < -0.4 is 15.8 Å². The van der Waals surface area contributed by atoms with E-state index in [2.05, 4.69) is 17.4 Å². The van der Waals surface area contributed by atoms with E-state index in [1.807, 2.05) is 18.2 Å². The summed E-state index contributed by atoms with van der Waals surface area (Å²) in [6.45, 7) is 5.13. The van der Waals surface area contributed by atoms with E-state index in [1.54, 1.807) is 7.11 Å². The summed E-state index contributed by atoms with van der Waals surface area (Å²) in [5, 5.41) is 15.1. The van der Waals surface area contributed by atoms with Crippen LogP contribution in [0.1, 0.15) is 30.9 Å². The molecule has 0 unspecified atom stereocenters. The molecule has 0 saturated carbocycles. The molecule has 0 saturated heterocycles. The van der Waals surface area contributed by atoms with Crippen molar-refractivity contribution in [1.29, 1.82) is 0 Å². The standard InChI is InChI=1S/C15H25N3O3/c1-3-4-8-21-9-7-17-11-12-5-6-14(20-2)13(10-12)15(16)18-19/h5-6,10,17,19H,3-4,7-9,11H2,1-2H3,(H2,16,18). The molecule has 1 aromatic rings. The van der Waals surface area contributed by atoms with Crippen molar-refractivity contribution < 1.29 is 14.7 Å². The third-order valence-corrected chi connectivity index (χ3v) is 3.04. The van der Waals surface area contributed by atoms with Crippen LogP contribution in [0.15, 0.2) is 23.4 Å². The Kier molecular flexibility index (Phi) is 8.23. The van der Waals surface area contributed by atoms with Crippen molar-refractivity contribution >= 4 is 5.84 Å². The van der Waals surface area contributed by atoms with Crippen LogP contribution in [0.2, 0.25) is 0 Å². The van der Waals surface area contributed by atoms with Crippen molar-refractivity contribution in [2.24, 2.45) is 10.9 Å². The van der Waals surface area contributed by atoms with Crippen molar-refractivity contribution in [2.45, 2.75) is 26.3 Å². The van der Waals surface area contributed by atoms with Crippen LogP contribution in [-0.4, -0.2) is 37.9 Å². The highest BCUT2D eigenvalue weighted by Gasteiger charge is 2.08. The SMILES string of the molecule is CCCCOCCNCc1ccc(OC)c(C(N)=NO)c1. The number of ether oxygens (including phenoxy) is 2. The Morgan fingerprint density at radius 2 is 2.19 bits per heavy atom. The van der Waals surface area contributed by atoms with Gasteiger partial charge in [0, 0.05) is 19.7 Å². The smallest absolute Gasteiger partial charge is 0.173 e. The lowest BCUT2D eigenvalue weighted by molar-refractivity contribution is 0.133. The summed E-state index contributed by atoms with van der Waals surface area (Å²) in [4.78, 5) is 0. The number of rotatable bonds is 10. The van der Waals surface area contributed by atoms with E-state index >= 15 is 0 Å². The molecule has 0 radical (unpaired) electrons. The molecule has 4 N–H and O–H groups in total. The fourth-order valence-corrected chi connectivity index (χ4v) is 1.84. The maximum atomic E-state index is 8.79. The second-order valence-electron chi connectivity index (χ2n) is 4.66. The van der Waals surface area contributed by atoms with Crippen LogP contribution in [0.25, 0.3) is 0 Å². The predicted octanol–water partition coefficient (Wildman–Crippen LogP) is 1.70. The van der Waals surface area contributed by atoms with Crippen LogP contribution in [0, 0.1) is 0 Å². The van der Waals surface area contributed by atoms with E-state index in [0.29, 0.717) is 24.5 Å². The van der Waals surface area contributed by atoms with Gasteiger partial charge >= 0.3 is 0 Å². The van der Waals surface area contributed by atoms with Crippen LogP contribution in [-0.2, 0) is 11.3 Å². The molecule has 0 aromatic heterocycles. The van der Waals surface area contributed by atoms with Gasteiger partial charge in [0.2, 0.25) is 0 Å². The Labute approximate surface area is 125 Å². The quantitative estimate of drug-likeness (QED) is 0.201. The number of oxime groups is 1. The van der Waals surface area contributed by atoms with Gasteiger partial charge in [-0.3, -0.25) is 0 Å². The Morgan fingerprint density at radius 1 is 1.38 bits per heavy atom. The number of nitrogens with two attached hydrogens (primary N) is 1. The monoisotopic (exact) mass is 295 g/mol. The minimum Gasteiger partial charge on any atom is -0.496 e. The van der Waals surface area contributed by atoms with E-state index in [1.165, 1.54) is 0 Å². The first-order valence-electron chi connectivity index (χ1n) is 7.16. The van der Waals surface area contributed by atoms with E-state index in [9.17, 15) is 0 Å². The van der Waals surface area contributed by atoms with Crippen LogP contribution in [0.4, 0.5) is 0 Å². The van der Waals surface area contributed by atoms with Gasteiger partial charge in [0.05, 0.1) is 19.3 Å². The first-order chi connectivity index (χ1) is 10.2. The summed E-state index contributed by atoms with van der Waals surface area (Å²) in [5.41, 5.74) is 7.26. The molecule has 0 heterocycles. The molecule has 1 rings (SSSR count). The molecular formula is C15H25N3O3. The highest BCUT2D eigenvalue weighted by molar-refractivity contribution is 5.99. The average Bonchev–Trinajstić information content (AvgIpc) is 2.53. The predicted molar refractivity (Wildman–Crippen MR) is 82.9 cm³/mol. The topological polar surface area (TPSA) is 89.1 Å². The zero-order valence-corrected chi connectivity index (χ0v) is 12.8. The van der Waals surface area contributed by atoms with Crippen LogP contribution in [0.5, 0.6) is 5.75 Å². The first-order valence-corrected chi connectivity index (χ1v) is 7.16. The first kappa shape index (κ1) is 17.3. The van der Waals surface area contributed by atoms with Crippen LogP contribution >= 0.6 is 0 Å². The average molecular weight is 295 g/mol. The summed E-state index contributed by atoms with van der Waals surface area (Å²) in [6, 6.07) is 5.60. The van der Waals surface area contributed by atoms with E-state index < -0.39 is 0 Å². The number of nitrogens with one attached hydrogen (secondary N) is 1. The number of unbranched alkanes of at least 4 members (excludes halogenated alkanes) is 1. The van der Waals surface area contributed by atoms with Crippen molar-refractivity contribution in [2.75, 3.05) is 26.9 Å². The highest BCUT2D eigenvalue weighted by atomic mass is 16.5. The summed E-state index contributed by atoms with van der Waals surface area (Å²) >= 11 is 0. The van der Waals surface area contributed by atoms with Gasteiger partial charge < -0.3 is 25.7 Å². The maximum absolute atomic E-state index is 8.79. The lowest BCUT2D eigenvalue weighted by Gasteiger charge is -2.10. The van der Waals surface area contributed by atoms with Gasteiger partial charge in [-0.05, 0) is 24.1 Å². The molecule has 0 fully saturated rings. The molecule has 1 aromatic carbocycles. The number of hydrogen-bond donors (Lipinski definition) is 3. The Morgan fingerprint density at radius 3 is 2.86 bits per heavy atom. The summed E-state index contributed by atoms with van der Waals surface area (Å²) in [7, 11) is 1.55. The van der Waals surface area contributed by atoms with E-state index in [-0.39, 0.29) is 5.84 Å². The van der Waals surface area contributed by atoms with Crippen LogP contribution in [0.3, 0.4) is 0 Å². The minimum atomic E-state index is 0.0385. The molecule has 0 bridgehead atoms. The fraction of sp³-hybridized carbons (Fsp3) is 0.533. The second-order valence-corrected chi connectivity index (χ2v) is 4.66. The molecule has 6 heteroatoms. The zero-order valence-electron chi connectivity index (χ0n) is 12.8. The molecule has 0 spiro atoms. The molecule has 0 atom stereocenters.